The molecule has 1 amide bonds. The molecule has 112 valence electrons. The van der Waals surface area contributed by atoms with Gasteiger partial charge in [0, 0.05) is 10.4 Å². The summed E-state index contributed by atoms with van der Waals surface area (Å²) in [6, 6.07) is 6.34. The summed E-state index contributed by atoms with van der Waals surface area (Å²) in [7, 11) is 0. The van der Waals surface area contributed by atoms with Gasteiger partial charge < -0.3 is 11.1 Å². The predicted molar refractivity (Wildman–Crippen MR) is 88.8 cm³/mol. The summed E-state index contributed by atoms with van der Waals surface area (Å²) in [6.45, 7) is 8.39. The Hall–Kier alpha value is -1.72. The minimum absolute atomic E-state index is 0.0323. The molecule has 0 aliphatic rings. The van der Waals surface area contributed by atoms with Crippen LogP contribution < -0.4 is 11.1 Å². The van der Waals surface area contributed by atoms with Gasteiger partial charge in [0.25, 0.3) is 0 Å². The zero-order valence-electron chi connectivity index (χ0n) is 12.9. The molecule has 5 heteroatoms. The van der Waals surface area contributed by atoms with Gasteiger partial charge in [-0.05, 0) is 31.4 Å². The van der Waals surface area contributed by atoms with Crippen molar-refractivity contribution in [1.82, 2.24) is 4.98 Å². The van der Waals surface area contributed by atoms with Crippen molar-refractivity contribution in [2.75, 3.05) is 11.9 Å². The van der Waals surface area contributed by atoms with E-state index < -0.39 is 0 Å². The molecule has 2 rings (SSSR count). The fraction of sp³-hybridized carbons (Fsp3) is 0.375. The Labute approximate surface area is 129 Å². The fourth-order valence-electron chi connectivity index (χ4n) is 2.13. The molecule has 0 aliphatic carbocycles. The third-order valence-corrected chi connectivity index (χ3v) is 4.53. The van der Waals surface area contributed by atoms with Crippen LogP contribution in [0.4, 0.5) is 5.13 Å². The first-order chi connectivity index (χ1) is 9.92. The molecule has 0 saturated heterocycles. The van der Waals surface area contributed by atoms with Crippen LogP contribution in [0.15, 0.2) is 18.2 Å². The molecule has 0 radical (unpaired) electrons. The predicted octanol–water partition coefficient (Wildman–Crippen LogP) is 3.45. The van der Waals surface area contributed by atoms with Crippen LogP contribution in [0.5, 0.6) is 0 Å². The highest BCUT2D eigenvalue weighted by Gasteiger charge is 2.18. The molecule has 1 aromatic heterocycles. The molecule has 21 heavy (non-hydrogen) atoms. The molecule has 1 heterocycles. The van der Waals surface area contributed by atoms with Gasteiger partial charge in [0.15, 0.2) is 5.13 Å². The quantitative estimate of drug-likeness (QED) is 0.909. The maximum atomic E-state index is 11.5. The third-order valence-electron chi connectivity index (χ3n) is 3.26. The van der Waals surface area contributed by atoms with Gasteiger partial charge in [-0.1, -0.05) is 31.5 Å². The Bertz CT molecular complexity index is 662. The number of nitrogens with zero attached hydrogens (tertiary/aromatic N) is 1. The van der Waals surface area contributed by atoms with E-state index in [1.54, 1.807) is 0 Å². The van der Waals surface area contributed by atoms with E-state index >= 15 is 0 Å². The van der Waals surface area contributed by atoms with Crippen LogP contribution in [-0.4, -0.2) is 17.4 Å². The molecule has 0 spiro atoms. The molecule has 0 bridgehead atoms. The number of carbonyl (C=O) groups excluding carboxylic acids is 1. The minimum Gasteiger partial charge on any atom is -0.322 e. The number of benzene rings is 1. The molecule has 3 N–H and O–H groups in total. The number of anilines is 1. The summed E-state index contributed by atoms with van der Waals surface area (Å²) in [6.07, 6.45) is 0. The van der Waals surface area contributed by atoms with Crippen LogP contribution in [-0.2, 0) is 4.79 Å². The Morgan fingerprint density at radius 2 is 2.10 bits per heavy atom. The summed E-state index contributed by atoms with van der Waals surface area (Å²) >= 11 is 1.52. The van der Waals surface area contributed by atoms with Crippen molar-refractivity contribution >= 4 is 22.4 Å². The number of aromatic nitrogens is 1. The summed E-state index contributed by atoms with van der Waals surface area (Å²) in [4.78, 5) is 17.3. The molecule has 0 atom stereocenters. The normalized spacial score (nSPS) is 11.0. The van der Waals surface area contributed by atoms with E-state index in [2.05, 4.69) is 56.2 Å². The number of aryl methyl sites for hydroxylation is 2. The summed E-state index contributed by atoms with van der Waals surface area (Å²) in [5, 5.41) is 3.37. The molecule has 1 aromatic carbocycles. The molecule has 0 saturated carbocycles. The standard InChI is InChI=1S/C16H21N3OS/c1-9(2)15-14(12-7-10(3)5-6-11(12)4)19-16(21-15)18-13(20)8-17/h5-7,9H,8,17H2,1-4H3,(H,18,19,20). The highest BCUT2D eigenvalue weighted by atomic mass is 32.1. The Kier molecular flexibility index (Phi) is 4.75. The lowest BCUT2D eigenvalue weighted by Gasteiger charge is -2.09. The van der Waals surface area contributed by atoms with E-state index in [0.717, 1.165) is 11.3 Å². The first-order valence-electron chi connectivity index (χ1n) is 7.00. The monoisotopic (exact) mass is 303 g/mol. The molecule has 2 aromatic rings. The summed E-state index contributed by atoms with van der Waals surface area (Å²) in [5.41, 5.74) is 9.82. The molecular weight excluding hydrogens is 282 g/mol. The van der Waals surface area contributed by atoms with Gasteiger partial charge in [-0.25, -0.2) is 4.98 Å². The van der Waals surface area contributed by atoms with Gasteiger partial charge in [-0.2, -0.15) is 0 Å². The number of thiazole rings is 1. The Morgan fingerprint density at radius 1 is 1.38 bits per heavy atom. The van der Waals surface area contributed by atoms with E-state index in [4.69, 9.17) is 5.73 Å². The minimum atomic E-state index is -0.216. The third kappa shape index (κ3) is 3.49. The average Bonchev–Trinajstić information content (AvgIpc) is 2.85. The van der Waals surface area contributed by atoms with Crippen molar-refractivity contribution in [2.24, 2.45) is 5.73 Å². The van der Waals surface area contributed by atoms with Gasteiger partial charge in [-0.15, -0.1) is 11.3 Å². The van der Waals surface area contributed by atoms with E-state index in [1.165, 1.54) is 27.3 Å². The molecular formula is C16H21N3OS. The van der Waals surface area contributed by atoms with Gasteiger partial charge in [-0.3, -0.25) is 4.79 Å². The molecule has 0 aliphatic heterocycles. The SMILES string of the molecule is Cc1ccc(C)c(-c2nc(NC(=O)CN)sc2C(C)C)c1. The van der Waals surface area contributed by atoms with Gasteiger partial charge in [0.2, 0.25) is 5.91 Å². The van der Waals surface area contributed by atoms with E-state index in [0.29, 0.717) is 11.0 Å². The highest BCUT2D eigenvalue weighted by Crippen LogP contribution is 2.37. The van der Waals surface area contributed by atoms with E-state index in [-0.39, 0.29) is 12.5 Å². The van der Waals surface area contributed by atoms with Crippen molar-refractivity contribution in [3.63, 3.8) is 0 Å². The highest BCUT2D eigenvalue weighted by molar-refractivity contribution is 7.16. The van der Waals surface area contributed by atoms with Crippen LogP contribution in [0.3, 0.4) is 0 Å². The lowest BCUT2D eigenvalue weighted by Crippen LogP contribution is -2.21. The zero-order chi connectivity index (χ0) is 15.6. The number of amides is 1. The summed E-state index contributed by atoms with van der Waals surface area (Å²) < 4.78 is 0. The number of hydrogen-bond acceptors (Lipinski definition) is 4. The van der Waals surface area contributed by atoms with Crippen LogP contribution >= 0.6 is 11.3 Å². The second kappa shape index (κ2) is 6.37. The molecule has 0 unspecified atom stereocenters. The van der Waals surface area contributed by atoms with Crippen molar-refractivity contribution in [3.8, 4) is 11.3 Å². The van der Waals surface area contributed by atoms with E-state index in [1.807, 2.05) is 0 Å². The van der Waals surface area contributed by atoms with Crippen molar-refractivity contribution in [1.29, 1.82) is 0 Å². The maximum absolute atomic E-state index is 11.5. The van der Waals surface area contributed by atoms with E-state index in [9.17, 15) is 4.79 Å². The lowest BCUT2D eigenvalue weighted by atomic mass is 9.99. The van der Waals surface area contributed by atoms with Gasteiger partial charge >= 0.3 is 0 Å². The van der Waals surface area contributed by atoms with Crippen LogP contribution in [0.25, 0.3) is 11.3 Å². The van der Waals surface area contributed by atoms with Crippen molar-refractivity contribution < 1.29 is 4.79 Å². The van der Waals surface area contributed by atoms with Crippen LogP contribution in [0.2, 0.25) is 0 Å². The maximum Gasteiger partial charge on any atom is 0.239 e. The lowest BCUT2D eigenvalue weighted by molar-refractivity contribution is -0.114. The number of carbonyl (C=O) groups is 1. The average molecular weight is 303 g/mol. The number of nitrogens with one attached hydrogen (secondary N) is 1. The smallest absolute Gasteiger partial charge is 0.239 e. The number of hydrogen-bond donors (Lipinski definition) is 2. The second-order valence-corrected chi connectivity index (χ2v) is 6.49. The summed E-state index contributed by atoms with van der Waals surface area (Å²) in [5.74, 6) is 0.132. The van der Waals surface area contributed by atoms with Gasteiger partial charge in [0.05, 0.1) is 12.2 Å². The zero-order valence-corrected chi connectivity index (χ0v) is 13.7. The molecule has 0 fully saturated rings. The van der Waals surface area contributed by atoms with Crippen molar-refractivity contribution in [3.05, 3.63) is 34.2 Å². The van der Waals surface area contributed by atoms with Gasteiger partial charge in [0.1, 0.15) is 0 Å². The van der Waals surface area contributed by atoms with Crippen LogP contribution in [0.1, 0.15) is 35.8 Å². The largest absolute Gasteiger partial charge is 0.322 e. The topological polar surface area (TPSA) is 68.0 Å². The second-order valence-electron chi connectivity index (χ2n) is 5.46. The number of nitrogens with two attached hydrogens (primary N) is 1. The molecule has 4 nitrogen and oxygen atoms in total. The Balaban J connectivity index is 2.51. The Morgan fingerprint density at radius 3 is 2.71 bits per heavy atom. The van der Waals surface area contributed by atoms with Crippen molar-refractivity contribution in [2.45, 2.75) is 33.6 Å². The first-order valence-corrected chi connectivity index (χ1v) is 7.82. The fourth-order valence-corrected chi connectivity index (χ4v) is 3.13. The number of rotatable bonds is 4. The first kappa shape index (κ1) is 15.7. The van der Waals surface area contributed by atoms with Crippen LogP contribution in [0, 0.1) is 13.8 Å².